The molecule has 0 aliphatic heterocycles. The molecule has 0 radical (unpaired) electrons. The number of hydrogen-bond donors (Lipinski definition) is 0. The molecule has 0 atom stereocenters. The van der Waals surface area contributed by atoms with E-state index in [0.717, 1.165) is 20.1 Å². The van der Waals surface area contributed by atoms with E-state index in [1.165, 1.54) is 6.08 Å². The molecule has 3 aromatic carbocycles. The van der Waals surface area contributed by atoms with E-state index in [9.17, 15) is 9.59 Å². The molecule has 0 heterocycles. The van der Waals surface area contributed by atoms with Gasteiger partial charge in [0, 0.05) is 17.5 Å². The van der Waals surface area contributed by atoms with Gasteiger partial charge in [0.25, 0.3) is 0 Å². The second-order valence-corrected chi connectivity index (χ2v) is 9.71. The summed E-state index contributed by atoms with van der Waals surface area (Å²) in [6.07, 6.45) is 3.69. The van der Waals surface area contributed by atoms with Crippen LogP contribution in [0.25, 0.3) is 6.08 Å². The predicted octanol–water partition coefficient (Wildman–Crippen LogP) is 8.36. The van der Waals surface area contributed by atoms with Crippen molar-refractivity contribution < 1.29 is 19.1 Å². The lowest BCUT2D eigenvalue weighted by Crippen LogP contribution is -2.07. The van der Waals surface area contributed by atoms with Crippen LogP contribution in [0.4, 0.5) is 0 Å². The third kappa shape index (κ3) is 6.05. The Bertz CT molecular complexity index is 1220. The van der Waals surface area contributed by atoms with Crippen LogP contribution in [0.5, 0.6) is 17.2 Å². The number of carbonyl (C=O) groups excluding carboxylic acids is 2. The van der Waals surface area contributed by atoms with Gasteiger partial charge in [0.1, 0.15) is 11.5 Å². The quantitative estimate of drug-likeness (QED) is 0.187. The van der Waals surface area contributed by atoms with E-state index in [1.807, 2.05) is 37.3 Å². The number of allylic oxidation sites excluding steroid dienone is 1. The Morgan fingerprint density at radius 2 is 1.65 bits per heavy atom. The second kappa shape index (κ2) is 11.6. The van der Waals surface area contributed by atoms with Gasteiger partial charge in [-0.15, -0.1) is 0 Å². The standard InChI is InChI=1S/C28H26Br2O4/c1-5-20(31)13-12-18-8-6-9-19(14-18)27(32)22-16-25(33-4)21(17(2)3)15-26(22)34-28-23(29)10-7-11-24(28)30/h6-17H,5H2,1-4H3. The molecular formula is C28H26Br2O4. The fraction of sp³-hybridized carbons (Fsp3) is 0.214. The zero-order valence-electron chi connectivity index (χ0n) is 19.5. The number of benzene rings is 3. The van der Waals surface area contributed by atoms with Crippen LogP contribution in [0, 0.1) is 0 Å². The monoisotopic (exact) mass is 584 g/mol. The Balaban J connectivity index is 2.12. The number of para-hydroxylation sites is 1. The van der Waals surface area contributed by atoms with Crippen molar-refractivity contribution in [2.24, 2.45) is 0 Å². The third-order valence-corrected chi connectivity index (χ3v) is 6.54. The van der Waals surface area contributed by atoms with Gasteiger partial charge in [0.05, 0.1) is 21.6 Å². The molecule has 0 saturated heterocycles. The van der Waals surface area contributed by atoms with Crippen LogP contribution in [0.3, 0.4) is 0 Å². The van der Waals surface area contributed by atoms with Crippen LogP contribution in [0.2, 0.25) is 0 Å². The summed E-state index contributed by atoms with van der Waals surface area (Å²) >= 11 is 7.06. The Kier molecular flexibility index (Phi) is 8.86. The van der Waals surface area contributed by atoms with Crippen molar-refractivity contribution in [2.45, 2.75) is 33.1 Å². The topological polar surface area (TPSA) is 52.6 Å². The van der Waals surface area contributed by atoms with Crippen LogP contribution >= 0.6 is 31.9 Å². The molecule has 176 valence electrons. The van der Waals surface area contributed by atoms with E-state index in [-0.39, 0.29) is 17.5 Å². The average molecular weight is 586 g/mol. The minimum Gasteiger partial charge on any atom is -0.496 e. The fourth-order valence-electron chi connectivity index (χ4n) is 3.40. The normalized spacial score (nSPS) is 11.1. The molecule has 0 saturated carbocycles. The average Bonchev–Trinajstić information content (AvgIpc) is 2.84. The number of methoxy groups -OCH3 is 1. The van der Waals surface area contributed by atoms with Gasteiger partial charge in [0.15, 0.2) is 17.3 Å². The van der Waals surface area contributed by atoms with E-state index in [2.05, 4.69) is 45.7 Å². The molecular weight excluding hydrogens is 560 g/mol. The predicted molar refractivity (Wildman–Crippen MR) is 143 cm³/mol. The maximum atomic E-state index is 13.7. The number of carbonyl (C=O) groups is 2. The van der Waals surface area contributed by atoms with Crippen molar-refractivity contribution in [1.82, 2.24) is 0 Å². The van der Waals surface area contributed by atoms with Gasteiger partial charge in [0.2, 0.25) is 0 Å². The van der Waals surface area contributed by atoms with Gasteiger partial charge in [-0.1, -0.05) is 51.1 Å². The Labute approximate surface area is 217 Å². The summed E-state index contributed by atoms with van der Waals surface area (Å²) in [5, 5.41) is 0. The number of ether oxygens (including phenoxy) is 2. The molecule has 6 heteroatoms. The first-order valence-corrected chi connectivity index (χ1v) is 12.5. The summed E-state index contributed by atoms with van der Waals surface area (Å²) in [6.45, 7) is 5.93. The lowest BCUT2D eigenvalue weighted by molar-refractivity contribution is -0.114. The van der Waals surface area contributed by atoms with Crippen LogP contribution in [0.1, 0.15) is 60.2 Å². The first kappa shape index (κ1) is 25.9. The number of hydrogen-bond acceptors (Lipinski definition) is 4. The van der Waals surface area contributed by atoms with Gasteiger partial charge < -0.3 is 9.47 Å². The molecule has 4 nitrogen and oxygen atoms in total. The summed E-state index contributed by atoms with van der Waals surface area (Å²) in [5.41, 5.74) is 2.58. The zero-order valence-corrected chi connectivity index (χ0v) is 22.7. The maximum Gasteiger partial charge on any atom is 0.196 e. The Morgan fingerprint density at radius 3 is 2.26 bits per heavy atom. The first-order valence-electron chi connectivity index (χ1n) is 10.9. The first-order chi connectivity index (χ1) is 16.2. The lowest BCUT2D eigenvalue weighted by Gasteiger charge is -2.19. The zero-order chi connectivity index (χ0) is 24.8. The summed E-state index contributed by atoms with van der Waals surface area (Å²) in [5.74, 6) is 1.62. The molecule has 0 bridgehead atoms. The highest BCUT2D eigenvalue weighted by Crippen LogP contribution is 2.41. The molecule has 0 N–H and O–H groups in total. The number of rotatable bonds is 9. The van der Waals surface area contributed by atoms with Crippen LogP contribution in [-0.4, -0.2) is 18.7 Å². The van der Waals surface area contributed by atoms with E-state index < -0.39 is 0 Å². The minimum atomic E-state index is -0.205. The summed E-state index contributed by atoms with van der Waals surface area (Å²) in [4.78, 5) is 25.3. The van der Waals surface area contributed by atoms with Gasteiger partial charge in [-0.05, 0) is 79.7 Å². The van der Waals surface area contributed by atoms with E-state index in [0.29, 0.717) is 34.8 Å². The maximum absolute atomic E-state index is 13.7. The molecule has 0 unspecified atom stereocenters. The molecule has 0 spiro atoms. The summed E-state index contributed by atoms with van der Waals surface area (Å²) < 4.78 is 13.4. The van der Waals surface area contributed by atoms with E-state index >= 15 is 0 Å². The third-order valence-electron chi connectivity index (χ3n) is 5.29. The van der Waals surface area contributed by atoms with Gasteiger partial charge in [-0.2, -0.15) is 0 Å². The molecule has 0 aliphatic rings. The number of halogens is 2. The van der Waals surface area contributed by atoms with Gasteiger partial charge in [-0.25, -0.2) is 0 Å². The van der Waals surface area contributed by atoms with Crippen molar-refractivity contribution in [3.8, 4) is 17.2 Å². The van der Waals surface area contributed by atoms with Crippen LogP contribution in [-0.2, 0) is 4.79 Å². The molecule has 0 fully saturated rings. The highest BCUT2D eigenvalue weighted by molar-refractivity contribution is 9.11. The van der Waals surface area contributed by atoms with E-state index in [1.54, 1.807) is 37.5 Å². The van der Waals surface area contributed by atoms with Gasteiger partial charge in [-0.3, -0.25) is 9.59 Å². The smallest absolute Gasteiger partial charge is 0.196 e. The second-order valence-electron chi connectivity index (χ2n) is 8.01. The van der Waals surface area contributed by atoms with Crippen molar-refractivity contribution in [1.29, 1.82) is 0 Å². The van der Waals surface area contributed by atoms with Crippen LogP contribution < -0.4 is 9.47 Å². The highest BCUT2D eigenvalue weighted by atomic mass is 79.9. The summed E-state index contributed by atoms with van der Waals surface area (Å²) in [6, 6.07) is 16.4. The largest absolute Gasteiger partial charge is 0.496 e. The van der Waals surface area contributed by atoms with Crippen LogP contribution in [0.15, 0.2) is 69.6 Å². The molecule has 0 aromatic heterocycles. The highest BCUT2D eigenvalue weighted by Gasteiger charge is 2.22. The molecule has 3 rings (SSSR count). The molecule has 0 aliphatic carbocycles. The fourth-order valence-corrected chi connectivity index (χ4v) is 4.56. The Hall–Kier alpha value is -2.70. The lowest BCUT2D eigenvalue weighted by atomic mass is 9.95. The number of ketones is 2. The van der Waals surface area contributed by atoms with Gasteiger partial charge >= 0.3 is 0 Å². The van der Waals surface area contributed by atoms with Crippen molar-refractivity contribution >= 4 is 49.5 Å². The molecule has 0 amide bonds. The SMILES string of the molecule is CCC(=O)C=Cc1cccc(C(=O)c2cc(OC)c(C(C)C)cc2Oc2c(Br)cccc2Br)c1. The van der Waals surface area contributed by atoms with Crippen molar-refractivity contribution in [3.05, 3.63) is 91.9 Å². The minimum absolute atomic E-state index is 0.0282. The Morgan fingerprint density at radius 1 is 0.971 bits per heavy atom. The van der Waals surface area contributed by atoms with Crippen molar-refractivity contribution in [2.75, 3.05) is 7.11 Å². The van der Waals surface area contributed by atoms with Crippen molar-refractivity contribution in [3.63, 3.8) is 0 Å². The van der Waals surface area contributed by atoms with E-state index in [4.69, 9.17) is 9.47 Å². The summed E-state index contributed by atoms with van der Waals surface area (Å²) in [7, 11) is 1.59. The molecule has 3 aromatic rings. The molecule has 34 heavy (non-hydrogen) atoms.